The van der Waals surface area contributed by atoms with E-state index in [1.165, 1.54) is 32.1 Å². The van der Waals surface area contributed by atoms with Crippen LogP contribution < -0.4 is 16.0 Å². The number of nitrogens with one attached hydrogen (secondary N) is 3. The number of ether oxygens (including phenoxy) is 1. The Bertz CT molecular complexity index is 914. The number of aliphatic imine (C=N–C) groups is 1. The molecule has 1 aromatic rings. The van der Waals surface area contributed by atoms with Gasteiger partial charge in [0, 0.05) is 38.4 Å². The number of rotatable bonds is 9. The first kappa shape index (κ1) is 24.4. The largest absolute Gasteiger partial charge is 0.384 e. The second-order valence-corrected chi connectivity index (χ2v) is 9.34. The molecule has 0 atom stereocenters. The standard InChI is InChI=1S/C26H38N6O2/c1-20-7-8-22(18-28-20)23-9-10-24(26(31-23)29-17-21-5-3-2-4-6-21)30-25(19-33)27-11-12-32-13-15-34-16-14-32/h7-10,19,21,28H,2-6,11-18H2,1H3,(H,27,30)(H,29,31). The van der Waals surface area contributed by atoms with Gasteiger partial charge in [0.25, 0.3) is 0 Å². The van der Waals surface area contributed by atoms with E-state index in [1.54, 1.807) is 0 Å². The number of carbonyl (C=O) groups is 1. The average molecular weight is 467 g/mol. The number of carbonyl (C=O) groups excluding carboxylic acids is 1. The number of nitrogens with zero attached hydrogens (tertiary/aromatic N) is 3. The third kappa shape index (κ3) is 7.14. The van der Waals surface area contributed by atoms with E-state index in [0.29, 0.717) is 18.3 Å². The highest BCUT2D eigenvalue weighted by atomic mass is 16.5. The number of anilines is 2. The van der Waals surface area contributed by atoms with Gasteiger partial charge in [0.05, 0.1) is 31.1 Å². The van der Waals surface area contributed by atoms with E-state index in [-0.39, 0.29) is 0 Å². The predicted molar refractivity (Wildman–Crippen MR) is 138 cm³/mol. The predicted octanol–water partition coefficient (Wildman–Crippen LogP) is 3.31. The van der Waals surface area contributed by atoms with E-state index in [4.69, 9.17) is 9.72 Å². The van der Waals surface area contributed by atoms with E-state index < -0.39 is 0 Å². The number of hydrogen-bond acceptors (Lipinski definition) is 7. The Labute approximate surface area is 202 Å². The maximum atomic E-state index is 11.8. The fraction of sp³-hybridized carbons (Fsp3) is 0.577. The van der Waals surface area contributed by atoms with E-state index in [2.05, 4.69) is 44.9 Å². The zero-order valence-corrected chi connectivity index (χ0v) is 20.3. The number of allylic oxidation sites excluding steroid dienone is 3. The smallest absolute Gasteiger partial charge is 0.185 e. The van der Waals surface area contributed by atoms with Crippen molar-refractivity contribution in [2.75, 3.05) is 63.1 Å². The highest BCUT2D eigenvalue weighted by Crippen LogP contribution is 2.27. The lowest BCUT2D eigenvalue weighted by atomic mass is 9.89. The molecule has 0 aromatic carbocycles. The molecular weight excluding hydrogens is 428 g/mol. The first-order valence-electron chi connectivity index (χ1n) is 12.6. The van der Waals surface area contributed by atoms with Crippen molar-refractivity contribution in [1.82, 2.24) is 15.2 Å². The van der Waals surface area contributed by atoms with Gasteiger partial charge in [-0.05, 0) is 49.5 Å². The summed E-state index contributed by atoms with van der Waals surface area (Å²) in [6, 6.07) is 4.00. The van der Waals surface area contributed by atoms with Crippen LogP contribution in [-0.4, -0.2) is 74.5 Å². The molecule has 4 rings (SSSR count). The molecule has 184 valence electrons. The maximum absolute atomic E-state index is 11.8. The quantitative estimate of drug-likeness (QED) is 0.292. The zero-order chi connectivity index (χ0) is 23.6. The van der Waals surface area contributed by atoms with Gasteiger partial charge in [0.2, 0.25) is 0 Å². The molecule has 0 bridgehead atoms. The lowest BCUT2D eigenvalue weighted by Gasteiger charge is -2.25. The Hall–Kier alpha value is -2.71. The number of hydrogen-bond donors (Lipinski definition) is 3. The third-order valence-corrected chi connectivity index (χ3v) is 6.78. The normalized spacial score (nSPS) is 20.2. The van der Waals surface area contributed by atoms with Gasteiger partial charge in [-0.15, -0.1) is 0 Å². The molecule has 3 aliphatic rings. The molecular formula is C26H38N6O2. The van der Waals surface area contributed by atoms with Crippen LogP contribution in [0.25, 0.3) is 5.57 Å². The molecule has 1 aliphatic carbocycles. The molecule has 2 aliphatic heterocycles. The molecule has 1 saturated heterocycles. The van der Waals surface area contributed by atoms with Crippen molar-refractivity contribution in [1.29, 1.82) is 0 Å². The third-order valence-electron chi connectivity index (χ3n) is 6.78. The highest BCUT2D eigenvalue weighted by molar-refractivity contribution is 6.33. The van der Waals surface area contributed by atoms with Crippen molar-refractivity contribution in [3.8, 4) is 0 Å². The van der Waals surface area contributed by atoms with Crippen molar-refractivity contribution in [3.63, 3.8) is 0 Å². The number of aromatic nitrogens is 1. The molecule has 1 saturated carbocycles. The average Bonchev–Trinajstić information content (AvgIpc) is 2.89. The minimum Gasteiger partial charge on any atom is -0.384 e. The minimum absolute atomic E-state index is 0.334. The highest BCUT2D eigenvalue weighted by Gasteiger charge is 2.16. The van der Waals surface area contributed by atoms with E-state index in [9.17, 15) is 4.79 Å². The Morgan fingerprint density at radius 3 is 2.79 bits per heavy atom. The zero-order valence-electron chi connectivity index (χ0n) is 20.3. The summed E-state index contributed by atoms with van der Waals surface area (Å²) in [5.41, 5.74) is 4.02. The summed E-state index contributed by atoms with van der Waals surface area (Å²) in [4.78, 5) is 23.5. The Morgan fingerprint density at radius 2 is 2.06 bits per heavy atom. The van der Waals surface area contributed by atoms with Gasteiger partial charge in [-0.25, -0.2) is 4.98 Å². The number of dihydropyridines is 1. The molecule has 2 fully saturated rings. The first-order valence-corrected chi connectivity index (χ1v) is 12.6. The fourth-order valence-corrected chi connectivity index (χ4v) is 4.64. The number of pyridine rings is 1. The molecule has 3 heterocycles. The first-order chi connectivity index (χ1) is 16.7. The van der Waals surface area contributed by atoms with Crippen LogP contribution in [0.15, 0.2) is 35.0 Å². The van der Waals surface area contributed by atoms with Gasteiger partial charge in [0.1, 0.15) is 0 Å². The Morgan fingerprint density at radius 1 is 1.24 bits per heavy atom. The summed E-state index contributed by atoms with van der Waals surface area (Å²) in [6.07, 6.45) is 11.5. The number of amidine groups is 1. The van der Waals surface area contributed by atoms with Crippen molar-refractivity contribution in [2.24, 2.45) is 10.9 Å². The van der Waals surface area contributed by atoms with Crippen molar-refractivity contribution in [3.05, 3.63) is 35.7 Å². The summed E-state index contributed by atoms with van der Waals surface area (Å²) in [5.74, 6) is 1.78. The SMILES string of the molecule is CC1=CC=C(c2ccc(NC(C=O)=NCCN3CCOCC3)c(NCC3CCCCC3)n2)CN1. The molecule has 0 amide bonds. The van der Waals surface area contributed by atoms with E-state index >= 15 is 0 Å². The Balaban J connectivity index is 1.46. The topological polar surface area (TPSA) is 90.9 Å². The van der Waals surface area contributed by atoms with Crippen LogP contribution in [0.2, 0.25) is 0 Å². The Kier molecular flexibility index (Phi) is 9.10. The van der Waals surface area contributed by atoms with Crippen LogP contribution in [0.5, 0.6) is 0 Å². The van der Waals surface area contributed by atoms with E-state index in [1.807, 2.05) is 12.1 Å². The van der Waals surface area contributed by atoms with E-state index in [0.717, 1.165) is 80.7 Å². The molecule has 34 heavy (non-hydrogen) atoms. The van der Waals surface area contributed by atoms with Crippen LogP contribution in [-0.2, 0) is 9.53 Å². The number of aldehydes is 1. The van der Waals surface area contributed by atoms with Gasteiger partial charge in [0.15, 0.2) is 17.9 Å². The molecule has 0 unspecified atom stereocenters. The second kappa shape index (κ2) is 12.7. The van der Waals surface area contributed by atoms with Crippen LogP contribution in [0, 0.1) is 5.92 Å². The van der Waals surface area contributed by atoms with Gasteiger partial charge in [-0.3, -0.25) is 14.7 Å². The maximum Gasteiger partial charge on any atom is 0.185 e. The summed E-state index contributed by atoms with van der Waals surface area (Å²) >= 11 is 0. The van der Waals surface area contributed by atoms with Crippen LogP contribution in [0.3, 0.4) is 0 Å². The number of morpholine rings is 1. The lowest BCUT2D eigenvalue weighted by Crippen LogP contribution is -2.38. The molecule has 0 spiro atoms. The van der Waals surface area contributed by atoms with Crippen molar-refractivity contribution < 1.29 is 9.53 Å². The second-order valence-electron chi connectivity index (χ2n) is 9.34. The van der Waals surface area contributed by atoms with Gasteiger partial charge in [-0.2, -0.15) is 0 Å². The molecule has 0 radical (unpaired) electrons. The molecule has 8 nitrogen and oxygen atoms in total. The van der Waals surface area contributed by atoms with Crippen molar-refractivity contribution >= 4 is 29.2 Å². The van der Waals surface area contributed by atoms with Gasteiger partial charge in [-0.1, -0.05) is 25.3 Å². The van der Waals surface area contributed by atoms with Gasteiger partial charge >= 0.3 is 0 Å². The van der Waals surface area contributed by atoms with Crippen molar-refractivity contribution in [2.45, 2.75) is 39.0 Å². The van der Waals surface area contributed by atoms with Crippen LogP contribution >= 0.6 is 0 Å². The minimum atomic E-state index is 0.334. The molecule has 3 N–H and O–H groups in total. The van der Waals surface area contributed by atoms with Gasteiger partial charge < -0.3 is 20.7 Å². The van der Waals surface area contributed by atoms with Crippen LogP contribution in [0.1, 0.15) is 44.7 Å². The van der Waals surface area contributed by atoms with Crippen LogP contribution in [0.4, 0.5) is 11.5 Å². The summed E-state index contributed by atoms with van der Waals surface area (Å²) in [5, 5.41) is 10.2. The molecule has 8 heteroatoms. The fourth-order valence-electron chi connectivity index (χ4n) is 4.64. The summed E-state index contributed by atoms with van der Waals surface area (Å²) < 4.78 is 5.39. The lowest BCUT2D eigenvalue weighted by molar-refractivity contribution is -0.102. The monoisotopic (exact) mass is 466 g/mol. The molecule has 1 aromatic heterocycles. The summed E-state index contributed by atoms with van der Waals surface area (Å²) in [7, 11) is 0. The summed E-state index contributed by atoms with van der Waals surface area (Å²) in [6.45, 7) is 8.46.